The molecule has 47 heavy (non-hydrogen) atoms. The number of carbonyl (C=O) groups excluding carboxylic acids is 5. The monoisotopic (exact) mass is 678 g/mol. The van der Waals surface area contributed by atoms with Crippen molar-refractivity contribution >= 4 is 41.2 Å². The lowest BCUT2D eigenvalue weighted by molar-refractivity contribution is -0.211. The van der Waals surface area contributed by atoms with Crippen LogP contribution in [0.1, 0.15) is 109 Å². The first-order valence-electron chi connectivity index (χ1n) is 16.3. The van der Waals surface area contributed by atoms with Crippen molar-refractivity contribution in [3.63, 3.8) is 0 Å². The van der Waals surface area contributed by atoms with Crippen molar-refractivity contribution in [2.45, 2.75) is 141 Å². The van der Waals surface area contributed by atoms with Gasteiger partial charge in [-0.05, 0) is 56.2 Å². The molecule has 2 aliphatic carbocycles. The molecule has 1 aromatic rings. The molecule has 1 saturated heterocycles. The van der Waals surface area contributed by atoms with Crippen molar-refractivity contribution in [1.29, 1.82) is 0 Å². The molecule has 2 heterocycles. The second-order valence-corrected chi connectivity index (χ2v) is 14.0. The molecule has 0 spiro atoms. The molecule has 2 N–H and O–H groups in total. The molecule has 0 amide bonds. The minimum Gasteiger partial charge on any atom is -0.459 e. The third-order valence-electron chi connectivity index (χ3n) is 9.48. The van der Waals surface area contributed by atoms with Crippen LogP contribution in [0.5, 0.6) is 0 Å². The predicted octanol–water partition coefficient (Wildman–Crippen LogP) is 4.34. The van der Waals surface area contributed by atoms with Crippen LogP contribution in [0, 0.1) is 5.92 Å². The topological polar surface area (TPSA) is 172 Å². The van der Waals surface area contributed by atoms with Gasteiger partial charge in [0.2, 0.25) is 0 Å². The highest BCUT2D eigenvalue weighted by Gasteiger charge is 2.76. The summed E-state index contributed by atoms with van der Waals surface area (Å²) < 4.78 is 29.4. The predicted molar refractivity (Wildman–Crippen MR) is 168 cm³/mol. The second kappa shape index (κ2) is 14.4. The molecule has 2 fully saturated rings. The van der Waals surface area contributed by atoms with Gasteiger partial charge >= 0.3 is 29.8 Å². The fraction of sp³-hybridized carbons (Fsp3) is 0.676. The van der Waals surface area contributed by atoms with E-state index in [4.69, 9.17) is 23.7 Å². The molecule has 0 unspecified atom stereocenters. The molecule has 0 radical (unpaired) electrons. The molecule has 4 rings (SSSR count). The summed E-state index contributed by atoms with van der Waals surface area (Å²) >= 11 is 1.15. The fourth-order valence-electron chi connectivity index (χ4n) is 7.14. The van der Waals surface area contributed by atoms with Crippen LogP contribution in [0.15, 0.2) is 28.7 Å². The van der Waals surface area contributed by atoms with Crippen LogP contribution in [0.25, 0.3) is 0 Å². The summed E-state index contributed by atoms with van der Waals surface area (Å²) in [5.74, 6) is -5.04. The van der Waals surface area contributed by atoms with E-state index in [0.717, 1.165) is 43.9 Å². The van der Waals surface area contributed by atoms with E-state index in [1.165, 1.54) is 13.8 Å². The molecular weight excluding hydrogens is 632 g/mol. The first-order valence-corrected chi connectivity index (χ1v) is 17.2. The summed E-state index contributed by atoms with van der Waals surface area (Å²) in [5, 5.41) is 25.6. The number of aliphatic hydroxyl groups is 2. The zero-order valence-corrected chi connectivity index (χ0v) is 28.7. The zero-order valence-electron chi connectivity index (χ0n) is 27.9. The van der Waals surface area contributed by atoms with E-state index in [2.05, 4.69) is 6.92 Å². The van der Waals surface area contributed by atoms with Crippen molar-refractivity contribution < 1.29 is 57.9 Å². The van der Waals surface area contributed by atoms with Crippen LogP contribution >= 0.6 is 11.3 Å². The molecule has 8 atom stereocenters. The van der Waals surface area contributed by atoms with Gasteiger partial charge in [0.1, 0.15) is 16.6 Å². The van der Waals surface area contributed by atoms with Gasteiger partial charge in [-0.2, -0.15) is 0 Å². The Hall–Kier alpha value is -3.29. The van der Waals surface area contributed by atoms with Crippen LogP contribution < -0.4 is 0 Å². The van der Waals surface area contributed by atoms with Gasteiger partial charge in [-0.15, -0.1) is 11.3 Å². The first-order chi connectivity index (χ1) is 22.1. The van der Waals surface area contributed by atoms with E-state index in [9.17, 15) is 34.2 Å². The fourth-order valence-corrected chi connectivity index (χ4v) is 7.75. The van der Waals surface area contributed by atoms with Gasteiger partial charge in [0, 0.05) is 26.2 Å². The third kappa shape index (κ3) is 6.98. The summed E-state index contributed by atoms with van der Waals surface area (Å²) in [6.07, 6.45) is -1.33. The summed E-state index contributed by atoms with van der Waals surface area (Å²) in [4.78, 5) is 65.7. The molecule has 13 heteroatoms. The van der Waals surface area contributed by atoms with Crippen LogP contribution in [0.2, 0.25) is 0 Å². The van der Waals surface area contributed by atoms with E-state index in [-0.39, 0.29) is 28.9 Å². The number of rotatable bonds is 13. The molecule has 0 aromatic carbocycles. The minimum absolute atomic E-state index is 0.0249. The van der Waals surface area contributed by atoms with Gasteiger partial charge < -0.3 is 33.9 Å². The van der Waals surface area contributed by atoms with Gasteiger partial charge in [0.15, 0.2) is 29.5 Å². The Labute approximate surface area is 278 Å². The summed E-state index contributed by atoms with van der Waals surface area (Å²) in [6, 6.07) is 3.26. The SMILES string of the molecule is CCCCCCCC(=O)O[C@H]1[C@H]2C(=C(C)[C@@H]1OC(=O)c1cccs1)[C@@H]1OC(=O)[C@@](C)(O)[C@@]1(O)[C@@H](OC(=O)CCC)C[C@]2(C)OC(C)=O. The number of thiophene rings is 1. The van der Waals surface area contributed by atoms with Gasteiger partial charge in [0.05, 0.1) is 5.92 Å². The number of hydrogen-bond acceptors (Lipinski definition) is 13. The maximum absolute atomic E-state index is 13.4. The van der Waals surface area contributed by atoms with Gasteiger partial charge in [0.25, 0.3) is 0 Å². The van der Waals surface area contributed by atoms with Crippen LogP contribution in [-0.4, -0.2) is 81.3 Å². The average Bonchev–Trinajstić information content (AvgIpc) is 3.65. The van der Waals surface area contributed by atoms with Gasteiger partial charge in [-0.3, -0.25) is 14.4 Å². The lowest BCUT2D eigenvalue weighted by Crippen LogP contribution is -2.64. The second-order valence-electron chi connectivity index (χ2n) is 13.1. The zero-order chi connectivity index (χ0) is 34.7. The number of ether oxygens (including phenoxy) is 5. The smallest absolute Gasteiger partial charge is 0.349 e. The van der Waals surface area contributed by atoms with Gasteiger partial charge in [-0.25, -0.2) is 9.59 Å². The highest BCUT2D eigenvalue weighted by atomic mass is 32.1. The lowest BCUT2D eigenvalue weighted by Gasteiger charge is -2.41. The largest absolute Gasteiger partial charge is 0.459 e. The lowest BCUT2D eigenvalue weighted by atomic mass is 9.75. The Morgan fingerprint density at radius 2 is 1.66 bits per heavy atom. The Bertz CT molecular complexity index is 1380. The molecule has 1 saturated carbocycles. The van der Waals surface area contributed by atoms with Crippen LogP contribution in [-0.2, 0) is 42.9 Å². The molecule has 1 aromatic heterocycles. The number of hydrogen-bond donors (Lipinski definition) is 2. The number of esters is 5. The maximum atomic E-state index is 13.4. The summed E-state index contributed by atoms with van der Waals surface area (Å²) in [5.41, 5.74) is -6.42. The highest BCUT2D eigenvalue weighted by molar-refractivity contribution is 7.11. The van der Waals surface area contributed by atoms with Crippen molar-refractivity contribution in [1.82, 2.24) is 0 Å². The molecule has 1 aliphatic heterocycles. The molecule has 0 bridgehead atoms. The Kier molecular flexibility index (Phi) is 11.2. The summed E-state index contributed by atoms with van der Waals surface area (Å²) in [6.45, 7) is 9.19. The van der Waals surface area contributed by atoms with E-state index in [1.807, 2.05) is 0 Å². The van der Waals surface area contributed by atoms with E-state index in [0.29, 0.717) is 12.8 Å². The minimum atomic E-state index is -2.58. The Balaban J connectivity index is 1.86. The Morgan fingerprint density at radius 3 is 2.28 bits per heavy atom. The third-order valence-corrected chi connectivity index (χ3v) is 10.3. The number of unbranched alkanes of at least 4 members (excludes halogenated alkanes) is 4. The van der Waals surface area contributed by atoms with E-state index < -0.39 is 83.4 Å². The number of fused-ring (bicyclic) bond motifs is 3. The van der Waals surface area contributed by atoms with E-state index in [1.54, 1.807) is 31.4 Å². The molecular formula is C34H46O12S. The molecule has 260 valence electrons. The quantitative estimate of drug-likeness (QED) is 0.131. The van der Waals surface area contributed by atoms with Crippen LogP contribution in [0.3, 0.4) is 0 Å². The van der Waals surface area contributed by atoms with Crippen LogP contribution in [0.4, 0.5) is 0 Å². The van der Waals surface area contributed by atoms with E-state index >= 15 is 0 Å². The number of carbonyl (C=O) groups is 5. The highest BCUT2D eigenvalue weighted by Crippen LogP contribution is 2.57. The van der Waals surface area contributed by atoms with Crippen molar-refractivity contribution in [2.75, 3.05) is 0 Å². The maximum Gasteiger partial charge on any atom is 0.349 e. The molecule has 12 nitrogen and oxygen atoms in total. The Morgan fingerprint density at radius 1 is 0.979 bits per heavy atom. The van der Waals surface area contributed by atoms with Crippen molar-refractivity contribution in [3.05, 3.63) is 33.5 Å². The van der Waals surface area contributed by atoms with Crippen molar-refractivity contribution in [2.24, 2.45) is 5.92 Å². The first kappa shape index (κ1) is 36.5. The molecule has 3 aliphatic rings. The van der Waals surface area contributed by atoms with Gasteiger partial charge in [-0.1, -0.05) is 45.6 Å². The standard InChI is InChI=1S/C34H46O12S/c1-7-9-10-11-12-16-24(37)43-28-26-25(19(3)27(28)44-30(38)21-15-13-17-47-21)29-34(41,33(6,40)31(39)45-29)22(42-23(36)14-8-2)18-32(26,5)46-20(4)35/h13,15,17,22,26-29,40-41H,7-12,14,16,18H2,1-6H3/t22-,26+,27-,28-,29-,32-,33+,34+/m0/s1. The normalized spacial score (nSPS) is 32.9. The summed E-state index contributed by atoms with van der Waals surface area (Å²) in [7, 11) is 0. The van der Waals surface area contributed by atoms with Crippen molar-refractivity contribution in [3.8, 4) is 0 Å². The average molecular weight is 679 g/mol.